The fourth-order valence-electron chi connectivity index (χ4n) is 0.769. The lowest BCUT2D eigenvalue weighted by Crippen LogP contribution is -1.95. The van der Waals surface area contributed by atoms with E-state index in [2.05, 4.69) is 16.8 Å². The zero-order chi connectivity index (χ0) is 9.68. The van der Waals surface area contributed by atoms with Crippen LogP contribution >= 0.6 is 0 Å². The molecule has 1 rings (SSSR count). The number of rotatable bonds is 1. The van der Waals surface area contributed by atoms with Gasteiger partial charge in [0.15, 0.2) is 6.29 Å². The first-order valence-corrected chi connectivity index (χ1v) is 3.57. The van der Waals surface area contributed by atoms with Gasteiger partial charge in [-0.15, -0.1) is 0 Å². The number of aromatic nitrogens is 1. The average molecular weight is 178 g/mol. The van der Waals surface area contributed by atoms with E-state index in [0.717, 1.165) is 0 Å². The van der Waals surface area contributed by atoms with Gasteiger partial charge in [-0.3, -0.25) is 4.79 Å². The molecule has 0 aliphatic carbocycles. The molecule has 0 aromatic carbocycles. The van der Waals surface area contributed by atoms with Crippen LogP contribution in [0.3, 0.4) is 0 Å². The lowest BCUT2D eigenvalue weighted by atomic mass is 10.2. The monoisotopic (exact) mass is 178 g/mol. The molecule has 66 valence electrons. The summed E-state index contributed by atoms with van der Waals surface area (Å²) in [4.78, 5) is 13.7. The highest BCUT2D eigenvalue weighted by Gasteiger charge is 2.01. The van der Waals surface area contributed by atoms with Crippen molar-refractivity contribution in [3.05, 3.63) is 29.3 Å². The van der Waals surface area contributed by atoms with E-state index >= 15 is 0 Å². The predicted octanol–water partition coefficient (Wildman–Crippen LogP) is 0.343. The highest BCUT2D eigenvalue weighted by Crippen LogP contribution is 2.03. The summed E-state index contributed by atoms with van der Waals surface area (Å²) >= 11 is 0. The first-order valence-electron chi connectivity index (χ1n) is 3.57. The first kappa shape index (κ1) is 9.36. The number of hydrogen-bond acceptors (Lipinski definition) is 3. The van der Waals surface area contributed by atoms with E-state index in [4.69, 9.17) is 5.73 Å². The van der Waals surface area contributed by atoms with Crippen molar-refractivity contribution in [1.82, 2.24) is 4.98 Å². The van der Waals surface area contributed by atoms with E-state index < -0.39 is 5.95 Å². The lowest BCUT2D eigenvalue weighted by molar-refractivity contribution is 0.111. The van der Waals surface area contributed by atoms with Crippen LogP contribution in [0.1, 0.15) is 15.9 Å². The van der Waals surface area contributed by atoms with Crippen LogP contribution in [0.2, 0.25) is 0 Å². The van der Waals surface area contributed by atoms with Crippen molar-refractivity contribution in [2.75, 3.05) is 6.54 Å². The molecule has 0 unspecified atom stereocenters. The molecular weight excluding hydrogens is 171 g/mol. The van der Waals surface area contributed by atoms with Crippen LogP contribution < -0.4 is 5.73 Å². The summed E-state index contributed by atoms with van der Waals surface area (Å²) < 4.78 is 12.7. The van der Waals surface area contributed by atoms with Gasteiger partial charge < -0.3 is 5.73 Å². The van der Waals surface area contributed by atoms with Crippen LogP contribution in [-0.4, -0.2) is 17.8 Å². The molecule has 13 heavy (non-hydrogen) atoms. The standard InChI is InChI=1S/C9H7FN2O/c10-9-8(6-13)4-7(5-12-9)2-1-3-11/h4-6H,3,11H2. The Balaban J connectivity index is 3.06. The first-order chi connectivity index (χ1) is 6.27. The molecule has 2 N–H and O–H groups in total. The Morgan fingerprint density at radius 1 is 1.69 bits per heavy atom. The van der Waals surface area contributed by atoms with Gasteiger partial charge in [0.25, 0.3) is 0 Å². The highest BCUT2D eigenvalue weighted by atomic mass is 19.1. The number of carbonyl (C=O) groups is 1. The van der Waals surface area contributed by atoms with Gasteiger partial charge in [-0.25, -0.2) is 4.98 Å². The molecule has 0 saturated carbocycles. The third-order valence-electron chi connectivity index (χ3n) is 1.33. The van der Waals surface area contributed by atoms with Crippen LogP contribution in [0.5, 0.6) is 0 Å². The summed E-state index contributed by atoms with van der Waals surface area (Å²) in [5.74, 6) is 4.43. The largest absolute Gasteiger partial charge is 0.320 e. The maximum absolute atomic E-state index is 12.7. The van der Waals surface area contributed by atoms with Gasteiger partial charge in [0.2, 0.25) is 5.95 Å². The minimum absolute atomic E-state index is 0.0937. The summed E-state index contributed by atoms with van der Waals surface area (Å²) in [6.07, 6.45) is 1.65. The maximum Gasteiger partial charge on any atom is 0.223 e. The normalized spacial score (nSPS) is 8.77. The Morgan fingerprint density at radius 3 is 3.08 bits per heavy atom. The van der Waals surface area contributed by atoms with Crippen molar-refractivity contribution < 1.29 is 9.18 Å². The van der Waals surface area contributed by atoms with Crippen LogP contribution in [0.15, 0.2) is 12.3 Å². The number of nitrogens with zero attached hydrogens (tertiary/aromatic N) is 1. The summed E-state index contributed by atoms with van der Waals surface area (Å²) in [6, 6.07) is 1.33. The second-order valence-electron chi connectivity index (χ2n) is 2.23. The summed E-state index contributed by atoms with van der Waals surface area (Å²) in [5.41, 5.74) is 5.53. The minimum atomic E-state index is -0.784. The van der Waals surface area contributed by atoms with E-state index in [9.17, 15) is 9.18 Å². The van der Waals surface area contributed by atoms with Crippen LogP contribution in [0.4, 0.5) is 4.39 Å². The van der Waals surface area contributed by atoms with E-state index in [1.54, 1.807) is 0 Å². The van der Waals surface area contributed by atoms with Gasteiger partial charge in [0.05, 0.1) is 12.1 Å². The van der Waals surface area contributed by atoms with Crippen LogP contribution in [-0.2, 0) is 0 Å². The fourth-order valence-corrected chi connectivity index (χ4v) is 0.769. The zero-order valence-corrected chi connectivity index (χ0v) is 6.75. The van der Waals surface area contributed by atoms with E-state index in [-0.39, 0.29) is 12.1 Å². The van der Waals surface area contributed by atoms with Crippen molar-refractivity contribution >= 4 is 6.29 Å². The van der Waals surface area contributed by atoms with Gasteiger partial charge >= 0.3 is 0 Å². The Bertz CT molecular complexity index is 379. The van der Waals surface area contributed by atoms with Gasteiger partial charge in [-0.05, 0) is 6.07 Å². The zero-order valence-electron chi connectivity index (χ0n) is 6.75. The molecular formula is C9H7FN2O. The van der Waals surface area contributed by atoms with Crippen molar-refractivity contribution in [2.45, 2.75) is 0 Å². The SMILES string of the molecule is NCC#Cc1cnc(F)c(C=O)c1. The summed E-state index contributed by atoms with van der Waals surface area (Å²) in [5, 5.41) is 0. The number of aldehydes is 1. The molecule has 0 atom stereocenters. The van der Waals surface area contributed by atoms with Gasteiger partial charge in [0.1, 0.15) is 0 Å². The lowest BCUT2D eigenvalue weighted by Gasteiger charge is -1.93. The number of carbonyl (C=O) groups excluding carboxylic acids is 1. The van der Waals surface area contributed by atoms with Crippen LogP contribution in [0.25, 0.3) is 0 Å². The highest BCUT2D eigenvalue weighted by molar-refractivity contribution is 5.75. The minimum Gasteiger partial charge on any atom is -0.320 e. The average Bonchev–Trinajstić information content (AvgIpc) is 2.16. The van der Waals surface area contributed by atoms with Crippen molar-refractivity contribution in [2.24, 2.45) is 5.73 Å². The molecule has 0 aliphatic heterocycles. The molecule has 3 nitrogen and oxygen atoms in total. The van der Waals surface area contributed by atoms with E-state index in [0.29, 0.717) is 11.8 Å². The molecule has 0 bridgehead atoms. The molecule has 1 aromatic rings. The molecule has 4 heteroatoms. The number of pyridine rings is 1. The molecule has 0 fully saturated rings. The maximum atomic E-state index is 12.7. The van der Waals surface area contributed by atoms with E-state index in [1.165, 1.54) is 12.3 Å². The number of hydrogen-bond donors (Lipinski definition) is 1. The number of nitrogens with two attached hydrogens (primary N) is 1. The predicted molar refractivity (Wildman–Crippen MR) is 45.5 cm³/mol. The topological polar surface area (TPSA) is 56.0 Å². The Kier molecular flexibility index (Phi) is 3.12. The fraction of sp³-hybridized carbons (Fsp3) is 0.111. The Hall–Kier alpha value is -1.73. The summed E-state index contributed by atoms with van der Waals surface area (Å²) in [6.45, 7) is 0.216. The quantitative estimate of drug-likeness (QED) is 0.383. The Morgan fingerprint density at radius 2 is 2.46 bits per heavy atom. The molecule has 0 radical (unpaired) electrons. The van der Waals surface area contributed by atoms with Gasteiger partial charge in [0, 0.05) is 11.8 Å². The second-order valence-corrected chi connectivity index (χ2v) is 2.23. The second kappa shape index (κ2) is 4.33. The molecule has 0 amide bonds. The van der Waals surface area contributed by atoms with Crippen molar-refractivity contribution in [1.29, 1.82) is 0 Å². The molecule has 0 aliphatic rings. The molecule has 1 aromatic heterocycles. The molecule has 0 spiro atoms. The van der Waals surface area contributed by atoms with Crippen LogP contribution in [0, 0.1) is 17.8 Å². The molecule has 0 saturated heterocycles. The van der Waals surface area contributed by atoms with Crippen molar-refractivity contribution in [3.63, 3.8) is 0 Å². The smallest absolute Gasteiger partial charge is 0.223 e. The molecule has 1 heterocycles. The summed E-state index contributed by atoms with van der Waals surface area (Å²) in [7, 11) is 0. The van der Waals surface area contributed by atoms with Crippen molar-refractivity contribution in [3.8, 4) is 11.8 Å². The third kappa shape index (κ3) is 2.36. The third-order valence-corrected chi connectivity index (χ3v) is 1.33. The van der Waals surface area contributed by atoms with E-state index in [1.807, 2.05) is 0 Å². The van der Waals surface area contributed by atoms with Gasteiger partial charge in [-0.1, -0.05) is 11.8 Å². The number of halogens is 1. The van der Waals surface area contributed by atoms with Gasteiger partial charge in [-0.2, -0.15) is 4.39 Å². The Labute approximate surface area is 74.8 Å².